The molecule has 0 bridgehead atoms. The molecule has 0 fully saturated rings. The van der Waals surface area contributed by atoms with Gasteiger partial charge in [-0.25, -0.2) is 9.48 Å². The van der Waals surface area contributed by atoms with Crippen LogP contribution < -0.4 is 5.32 Å². The van der Waals surface area contributed by atoms with Gasteiger partial charge in [-0.2, -0.15) is 5.10 Å². The molecule has 0 spiro atoms. The van der Waals surface area contributed by atoms with Crippen molar-refractivity contribution in [3.63, 3.8) is 0 Å². The maximum Gasteiger partial charge on any atom is 0.322 e. The first-order valence-corrected chi connectivity index (χ1v) is 13.5. The normalized spacial score (nSPS) is 14.5. The van der Waals surface area contributed by atoms with Crippen molar-refractivity contribution in [2.45, 2.75) is 46.7 Å². The summed E-state index contributed by atoms with van der Waals surface area (Å²) in [5.74, 6) is 0.984. The summed E-state index contributed by atoms with van der Waals surface area (Å²) in [6.07, 6.45) is 2.85. The third kappa shape index (κ3) is 4.42. The number of benzene rings is 3. The molecule has 6 rings (SSSR count). The quantitative estimate of drug-likeness (QED) is 0.273. The fourth-order valence-corrected chi connectivity index (χ4v) is 5.68. The molecule has 3 aromatic carbocycles. The largest absolute Gasteiger partial charge is 0.322 e. The van der Waals surface area contributed by atoms with E-state index in [4.69, 9.17) is 5.10 Å². The number of urea groups is 1. The van der Waals surface area contributed by atoms with Gasteiger partial charge in [-0.05, 0) is 68.7 Å². The molecule has 0 saturated carbocycles. The molecule has 1 aliphatic heterocycles. The molecule has 1 aliphatic rings. The van der Waals surface area contributed by atoms with Gasteiger partial charge in [0.15, 0.2) is 0 Å². The summed E-state index contributed by atoms with van der Waals surface area (Å²) in [5, 5.41) is 8.28. The molecular weight excluding hydrogens is 482 g/mol. The van der Waals surface area contributed by atoms with Crippen LogP contribution in [0.2, 0.25) is 0 Å². The lowest BCUT2D eigenvalue weighted by molar-refractivity contribution is 0.194. The standard InChI is InChI=1S/C33H33N5O/c1-5-28-27-21-37(33(39)34-29-17-16-23(3)19-24(29)4)31(25-12-9-11-22(2)20-25)30-15-10-18-36(30)32(27)38(35-28)26-13-7-6-8-14-26/h6-20,31H,5,21H2,1-4H3,(H,34,39). The third-order valence-corrected chi connectivity index (χ3v) is 7.55. The second-order valence-corrected chi connectivity index (χ2v) is 10.3. The first-order chi connectivity index (χ1) is 18.9. The first kappa shape index (κ1) is 24.7. The number of fused-ring (bicyclic) bond motifs is 3. The number of rotatable bonds is 4. The predicted molar refractivity (Wildman–Crippen MR) is 156 cm³/mol. The Morgan fingerprint density at radius 2 is 1.72 bits per heavy atom. The molecule has 196 valence electrons. The lowest BCUT2D eigenvalue weighted by Crippen LogP contribution is -2.38. The number of para-hydroxylation sites is 1. The van der Waals surface area contributed by atoms with Crippen molar-refractivity contribution in [1.29, 1.82) is 0 Å². The minimum absolute atomic E-state index is 0.136. The number of carbonyl (C=O) groups is 1. The highest BCUT2D eigenvalue weighted by atomic mass is 16.2. The number of aryl methyl sites for hydroxylation is 4. The summed E-state index contributed by atoms with van der Waals surface area (Å²) >= 11 is 0. The van der Waals surface area contributed by atoms with Crippen molar-refractivity contribution >= 4 is 11.7 Å². The zero-order valence-electron chi connectivity index (χ0n) is 22.8. The van der Waals surface area contributed by atoms with E-state index in [-0.39, 0.29) is 12.1 Å². The zero-order chi connectivity index (χ0) is 27.1. The highest BCUT2D eigenvalue weighted by Gasteiger charge is 2.36. The van der Waals surface area contributed by atoms with E-state index in [1.807, 2.05) is 46.8 Å². The van der Waals surface area contributed by atoms with Gasteiger partial charge in [0.25, 0.3) is 0 Å². The Labute approximate surface area is 229 Å². The van der Waals surface area contributed by atoms with E-state index in [1.165, 1.54) is 5.56 Å². The average Bonchev–Trinajstić information content (AvgIpc) is 3.51. The third-order valence-electron chi connectivity index (χ3n) is 7.55. The molecule has 1 unspecified atom stereocenters. The predicted octanol–water partition coefficient (Wildman–Crippen LogP) is 7.29. The van der Waals surface area contributed by atoms with E-state index in [0.29, 0.717) is 6.54 Å². The lowest BCUT2D eigenvalue weighted by Gasteiger charge is -2.31. The zero-order valence-corrected chi connectivity index (χ0v) is 22.8. The fraction of sp³-hybridized carbons (Fsp3) is 0.212. The van der Waals surface area contributed by atoms with Crippen molar-refractivity contribution in [3.8, 4) is 11.5 Å². The van der Waals surface area contributed by atoms with Crippen LogP contribution in [0.25, 0.3) is 11.5 Å². The van der Waals surface area contributed by atoms with Crippen molar-refractivity contribution in [3.05, 3.63) is 130 Å². The molecule has 0 saturated heterocycles. The number of hydrogen-bond acceptors (Lipinski definition) is 2. The number of nitrogens with one attached hydrogen (secondary N) is 1. The SMILES string of the molecule is CCc1nn(-c2ccccc2)c2c1CN(C(=O)Nc1ccc(C)cc1C)C(c1cccc(C)c1)c1cccn1-2. The summed E-state index contributed by atoms with van der Waals surface area (Å²) in [5.41, 5.74) is 9.33. The van der Waals surface area contributed by atoms with Gasteiger partial charge in [0.1, 0.15) is 5.82 Å². The summed E-state index contributed by atoms with van der Waals surface area (Å²) in [6, 6.07) is 28.5. The summed E-state index contributed by atoms with van der Waals surface area (Å²) in [4.78, 5) is 16.2. The Morgan fingerprint density at radius 3 is 2.46 bits per heavy atom. The number of anilines is 1. The summed E-state index contributed by atoms with van der Waals surface area (Å²) in [6.45, 7) is 8.75. The molecule has 6 nitrogen and oxygen atoms in total. The fourth-order valence-electron chi connectivity index (χ4n) is 5.68. The van der Waals surface area contributed by atoms with Crippen LogP contribution >= 0.6 is 0 Å². The van der Waals surface area contributed by atoms with Crippen LogP contribution in [0, 0.1) is 20.8 Å². The highest BCUT2D eigenvalue weighted by molar-refractivity contribution is 5.91. The van der Waals surface area contributed by atoms with E-state index >= 15 is 0 Å². The molecule has 0 radical (unpaired) electrons. The Hall–Kier alpha value is -4.58. The van der Waals surface area contributed by atoms with Gasteiger partial charge >= 0.3 is 6.03 Å². The van der Waals surface area contributed by atoms with Gasteiger partial charge in [-0.15, -0.1) is 0 Å². The minimum atomic E-state index is -0.285. The van der Waals surface area contributed by atoms with Gasteiger partial charge < -0.3 is 14.8 Å². The molecule has 39 heavy (non-hydrogen) atoms. The average molecular weight is 516 g/mol. The van der Waals surface area contributed by atoms with E-state index in [0.717, 1.165) is 57.3 Å². The highest BCUT2D eigenvalue weighted by Crippen LogP contribution is 2.39. The minimum Gasteiger partial charge on any atom is -0.308 e. The van der Waals surface area contributed by atoms with Crippen LogP contribution in [0.1, 0.15) is 52.2 Å². The summed E-state index contributed by atoms with van der Waals surface area (Å²) in [7, 11) is 0. The number of nitrogens with zero attached hydrogens (tertiary/aromatic N) is 4. The Balaban J connectivity index is 1.55. The molecule has 3 heterocycles. The Kier molecular flexibility index (Phi) is 6.31. The first-order valence-electron chi connectivity index (χ1n) is 13.5. The second-order valence-electron chi connectivity index (χ2n) is 10.3. The lowest BCUT2D eigenvalue weighted by atomic mass is 10.00. The van der Waals surface area contributed by atoms with Crippen LogP contribution in [0.4, 0.5) is 10.5 Å². The Morgan fingerprint density at radius 1 is 0.923 bits per heavy atom. The van der Waals surface area contributed by atoms with Gasteiger partial charge in [0, 0.05) is 17.4 Å². The van der Waals surface area contributed by atoms with E-state index in [2.05, 4.69) is 91.4 Å². The van der Waals surface area contributed by atoms with Crippen molar-refractivity contribution in [2.75, 3.05) is 5.32 Å². The number of hydrogen-bond donors (Lipinski definition) is 1. The van der Waals surface area contributed by atoms with Crippen LogP contribution in [-0.4, -0.2) is 25.3 Å². The summed E-state index contributed by atoms with van der Waals surface area (Å²) < 4.78 is 4.24. The second kappa shape index (κ2) is 9.95. The monoisotopic (exact) mass is 515 g/mol. The van der Waals surface area contributed by atoms with Crippen molar-refractivity contribution in [1.82, 2.24) is 19.2 Å². The molecule has 1 atom stereocenters. The van der Waals surface area contributed by atoms with Crippen LogP contribution in [-0.2, 0) is 13.0 Å². The van der Waals surface area contributed by atoms with Crippen LogP contribution in [0.3, 0.4) is 0 Å². The molecule has 2 amide bonds. The molecule has 5 aromatic rings. The maximum atomic E-state index is 14.2. The number of carbonyl (C=O) groups excluding carboxylic acids is 1. The van der Waals surface area contributed by atoms with Crippen LogP contribution in [0.5, 0.6) is 0 Å². The molecule has 2 aromatic heterocycles. The van der Waals surface area contributed by atoms with Crippen molar-refractivity contribution in [2.24, 2.45) is 0 Å². The van der Waals surface area contributed by atoms with E-state index < -0.39 is 0 Å². The van der Waals surface area contributed by atoms with Gasteiger partial charge in [0.2, 0.25) is 0 Å². The number of amides is 2. The van der Waals surface area contributed by atoms with Crippen LogP contribution in [0.15, 0.2) is 91.1 Å². The molecule has 6 heteroatoms. The van der Waals surface area contributed by atoms with E-state index in [9.17, 15) is 4.79 Å². The van der Waals surface area contributed by atoms with Gasteiger partial charge in [0.05, 0.1) is 29.7 Å². The maximum absolute atomic E-state index is 14.2. The molecule has 0 aliphatic carbocycles. The van der Waals surface area contributed by atoms with Gasteiger partial charge in [-0.3, -0.25) is 0 Å². The topological polar surface area (TPSA) is 55.1 Å². The van der Waals surface area contributed by atoms with Gasteiger partial charge in [-0.1, -0.05) is 72.6 Å². The van der Waals surface area contributed by atoms with Crippen molar-refractivity contribution < 1.29 is 4.79 Å². The van der Waals surface area contributed by atoms with E-state index in [1.54, 1.807) is 0 Å². The number of aromatic nitrogens is 3. The Bertz CT molecular complexity index is 1660. The smallest absolute Gasteiger partial charge is 0.308 e. The molecular formula is C33H33N5O. The molecule has 1 N–H and O–H groups in total.